The number of hydrogen-bond donors (Lipinski definition) is 2. The standard InChI is InChI=1S/C21H26N2O3S2/c1-3-25-20(24)17-13-16(12-15-8-5-4-6-9-15)28-19(17)23-21(27)22-14(2)18-10-7-11-26-18/h4-6,8-9,13-14,18H,3,7,10-12H2,1-2H3,(H2,22,23,27). The minimum atomic E-state index is -0.337. The molecule has 2 atom stereocenters. The summed E-state index contributed by atoms with van der Waals surface area (Å²) in [5, 5.41) is 7.67. The molecule has 2 N–H and O–H groups in total. The van der Waals surface area contributed by atoms with Crippen LogP contribution in [0.25, 0.3) is 0 Å². The average molecular weight is 419 g/mol. The van der Waals surface area contributed by atoms with Crippen LogP contribution in [0, 0.1) is 0 Å². The summed E-state index contributed by atoms with van der Waals surface area (Å²) >= 11 is 7.00. The van der Waals surface area contributed by atoms with Gasteiger partial charge in [-0.2, -0.15) is 0 Å². The lowest BCUT2D eigenvalue weighted by Crippen LogP contribution is -2.42. The second-order valence-electron chi connectivity index (χ2n) is 6.78. The first-order valence-corrected chi connectivity index (χ1v) is 10.8. The van der Waals surface area contributed by atoms with Crippen LogP contribution in [0.5, 0.6) is 0 Å². The highest BCUT2D eigenvalue weighted by Crippen LogP contribution is 2.30. The maximum Gasteiger partial charge on any atom is 0.341 e. The van der Waals surface area contributed by atoms with Crippen molar-refractivity contribution in [3.8, 4) is 0 Å². The Labute approximate surface area is 175 Å². The van der Waals surface area contributed by atoms with Gasteiger partial charge in [0.05, 0.1) is 24.3 Å². The second kappa shape index (κ2) is 10.0. The quantitative estimate of drug-likeness (QED) is 0.514. The van der Waals surface area contributed by atoms with E-state index in [2.05, 4.69) is 29.7 Å². The van der Waals surface area contributed by atoms with Crippen molar-refractivity contribution in [2.45, 2.75) is 45.3 Å². The van der Waals surface area contributed by atoms with E-state index in [1.54, 1.807) is 6.92 Å². The smallest absolute Gasteiger partial charge is 0.341 e. The lowest BCUT2D eigenvalue weighted by atomic mass is 10.1. The van der Waals surface area contributed by atoms with E-state index in [0.29, 0.717) is 22.3 Å². The summed E-state index contributed by atoms with van der Waals surface area (Å²) in [5.41, 5.74) is 1.71. The van der Waals surface area contributed by atoms with Gasteiger partial charge in [0.1, 0.15) is 5.00 Å². The first kappa shape index (κ1) is 20.8. The van der Waals surface area contributed by atoms with Crippen LogP contribution < -0.4 is 10.6 Å². The van der Waals surface area contributed by atoms with Crippen LogP contribution in [0.15, 0.2) is 36.4 Å². The van der Waals surface area contributed by atoms with Gasteiger partial charge in [0, 0.05) is 17.9 Å². The third kappa shape index (κ3) is 5.53. The lowest BCUT2D eigenvalue weighted by Gasteiger charge is -2.21. The molecule has 2 heterocycles. The minimum Gasteiger partial charge on any atom is -0.462 e. The van der Waals surface area contributed by atoms with Crippen LogP contribution in [0.1, 0.15) is 47.5 Å². The Morgan fingerprint density at radius 1 is 1.39 bits per heavy atom. The molecule has 0 spiro atoms. The SMILES string of the molecule is CCOC(=O)c1cc(Cc2ccccc2)sc1NC(=S)NC(C)C1CCCO1. The molecule has 0 radical (unpaired) electrons. The number of anilines is 1. The Morgan fingerprint density at radius 3 is 2.86 bits per heavy atom. The van der Waals surface area contributed by atoms with Crippen LogP contribution in [0.4, 0.5) is 5.00 Å². The van der Waals surface area contributed by atoms with Crippen molar-refractivity contribution in [1.29, 1.82) is 0 Å². The van der Waals surface area contributed by atoms with Crippen molar-refractivity contribution in [3.05, 3.63) is 52.4 Å². The van der Waals surface area contributed by atoms with E-state index in [1.807, 2.05) is 24.3 Å². The van der Waals surface area contributed by atoms with Gasteiger partial charge in [-0.25, -0.2) is 4.79 Å². The average Bonchev–Trinajstić information content (AvgIpc) is 3.33. The van der Waals surface area contributed by atoms with Crippen LogP contribution in [-0.4, -0.2) is 36.4 Å². The van der Waals surface area contributed by atoms with Gasteiger partial charge in [0.15, 0.2) is 5.11 Å². The summed E-state index contributed by atoms with van der Waals surface area (Å²) in [5.74, 6) is -0.337. The topological polar surface area (TPSA) is 59.6 Å². The third-order valence-corrected chi connectivity index (χ3v) is 5.88. The summed E-state index contributed by atoms with van der Waals surface area (Å²) in [6.45, 7) is 5.00. The lowest BCUT2D eigenvalue weighted by molar-refractivity contribution is 0.0528. The van der Waals surface area contributed by atoms with Crippen molar-refractivity contribution in [1.82, 2.24) is 5.32 Å². The van der Waals surface area contributed by atoms with Gasteiger partial charge in [-0.15, -0.1) is 11.3 Å². The molecule has 0 saturated carbocycles. The zero-order valence-corrected chi connectivity index (χ0v) is 17.8. The first-order chi connectivity index (χ1) is 13.6. The van der Waals surface area contributed by atoms with Crippen molar-refractivity contribution >= 4 is 39.6 Å². The first-order valence-electron chi connectivity index (χ1n) is 9.59. The molecule has 1 fully saturated rings. The molecular weight excluding hydrogens is 392 g/mol. The fraction of sp³-hybridized carbons (Fsp3) is 0.429. The van der Waals surface area contributed by atoms with E-state index in [0.717, 1.165) is 30.7 Å². The predicted molar refractivity (Wildman–Crippen MR) is 117 cm³/mol. The fourth-order valence-corrected chi connectivity index (χ4v) is 4.65. The van der Waals surface area contributed by atoms with Gasteiger partial charge in [-0.3, -0.25) is 0 Å². The number of carbonyl (C=O) groups excluding carboxylic acids is 1. The molecule has 1 aromatic heterocycles. The number of benzene rings is 1. The molecule has 1 aromatic carbocycles. The van der Waals surface area contributed by atoms with Crippen molar-refractivity contribution < 1.29 is 14.3 Å². The number of carbonyl (C=O) groups is 1. The van der Waals surface area contributed by atoms with Crippen LogP contribution >= 0.6 is 23.6 Å². The van der Waals surface area contributed by atoms with Crippen LogP contribution in [-0.2, 0) is 15.9 Å². The molecule has 1 aliphatic heterocycles. The van der Waals surface area contributed by atoms with E-state index in [1.165, 1.54) is 16.9 Å². The van der Waals surface area contributed by atoms with Crippen molar-refractivity contribution in [2.75, 3.05) is 18.5 Å². The Kier molecular flexibility index (Phi) is 7.42. The highest BCUT2D eigenvalue weighted by atomic mass is 32.1. The summed E-state index contributed by atoms with van der Waals surface area (Å²) in [6.07, 6.45) is 3.04. The van der Waals surface area contributed by atoms with Crippen molar-refractivity contribution in [2.24, 2.45) is 0 Å². The van der Waals surface area contributed by atoms with Gasteiger partial charge in [-0.05, 0) is 50.5 Å². The zero-order chi connectivity index (χ0) is 19.9. The van der Waals surface area contributed by atoms with Gasteiger partial charge < -0.3 is 20.1 Å². The molecule has 1 aliphatic rings. The van der Waals surface area contributed by atoms with E-state index in [9.17, 15) is 4.79 Å². The molecule has 2 aromatic rings. The maximum absolute atomic E-state index is 12.4. The maximum atomic E-state index is 12.4. The second-order valence-corrected chi connectivity index (χ2v) is 8.32. The molecule has 0 aliphatic carbocycles. The number of hydrogen-bond acceptors (Lipinski definition) is 5. The molecule has 1 saturated heterocycles. The monoisotopic (exact) mass is 418 g/mol. The summed E-state index contributed by atoms with van der Waals surface area (Å²) < 4.78 is 10.9. The number of nitrogens with one attached hydrogen (secondary N) is 2. The number of ether oxygens (including phenoxy) is 2. The van der Waals surface area contributed by atoms with E-state index in [-0.39, 0.29) is 18.1 Å². The van der Waals surface area contributed by atoms with Crippen LogP contribution in [0.3, 0.4) is 0 Å². The summed E-state index contributed by atoms with van der Waals surface area (Å²) in [6, 6.07) is 12.2. The predicted octanol–water partition coefficient (Wildman–Crippen LogP) is 4.37. The summed E-state index contributed by atoms with van der Waals surface area (Å²) in [7, 11) is 0. The van der Waals surface area contributed by atoms with Gasteiger partial charge in [-0.1, -0.05) is 30.3 Å². The Balaban J connectivity index is 1.71. The molecule has 7 heteroatoms. The normalized spacial score (nSPS) is 17.1. The number of esters is 1. The molecular formula is C21H26N2O3S2. The number of rotatable bonds is 7. The molecule has 2 unspecified atom stereocenters. The number of thiocarbonyl (C=S) groups is 1. The van der Waals surface area contributed by atoms with E-state index >= 15 is 0 Å². The van der Waals surface area contributed by atoms with E-state index < -0.39 is 0 Å². The Bertz CT molecular complexity index is 801. The number of thiophene rings is 1. The molecule has 150 valence electrons. The molecule has 5 nitrogen and oxygen atoms in total. The molecule has 3 rings (SSSR count). The highest BCUT2D eigenvalue weighted by Gasteiger charge is 2.24. The minimum absolute atomic E-state index is 0.109. The van der Waals surface area contributed by atoms with Gasteiger partial charge in [0.2, 0.25) is 0 Å². The Morgan fingerprint density at radius 2 is 2.18 bits per heavy atom. The molecule has 0 bridgehead atoms. The van der Waals surface area contributed by atoms with Crippen LogP contribution in [0.2, 0.25) is 0 Å². The van der Waals surface area contributed by atoms with E-state index in [4.69, 9.17) is 21.7 Å². The zero-order valence-electron chi connectivity index (χ0n) is 16.2. The fourth-order valence-electron chi connectivity index (χ4n) is 3.22. The molecule has 28 heavy (non-hydrogen) atoms. The third-order valence-electron chi connectivity index (χ3n) is 4.61. The summed E-state index contributed by atoms with van der Waals surface area (Å²) in [4.78, 5) is 13.5. The highest BCUT2D eigenvalue weighted by molar-refractivity contribution is 7.80. The van der Waals surface area contributed by atoms with Gasteiger partial charge in [0.25, 0.3) is 0 Å². The van der Waals surface area contributed by atoms with Gasteiger partial charge >= 0.3 is 5.97 Å². The largest absolute Gasteiger partial charge is 0.462 e. The molecule has 0 amide bonds. The van der Waals surface area contributed by atoms with Crippen molar-refractivity contribution in [3.63, 3.8) is 0 Å². The Hall–Kier alpha value is -1.96.